The SMILES string of the molecule is CCCCNC(=O)[C@H](Cc1ccccc1)N(Cc1cccc(Cl)c1)C(=O)CN(c1cc([N+](=O)[O-])ccc1C)S(C)(=O)=O. The molecule has 0 radical (unpaired) electrons. The van der Waals surface area contributed by atoms with Crippen LogP contribution in [0.25, 0.3) is 0 Å². The van der Waals surface area contributed by atoms with Crippen molar-refractivity contribution in [1.82, 2.24) is 10.2 Å². The molecule has 2 amide bonds. The molecule has 0 saturated carbocycles. The standard InChI is InChI=1S/C30H35ClN4O6S/c1-4-5-16-32-30(37)28(18-23-10-7-6-8-11-23)33(20-24-12-9-13-25(31)17-24)29(36)21-34(42(3,40)41)27-19-26(35(38)39)15-14-22(27)2/h6-15,17,19,28H,4-5,16,18,20-21H2,1-3H3,(H,32,37)/t28-/m0/s1. The molecule has 0 aliphatic heterocycles. The van der Waals surface area contributed by atoms with Crippen molar-refractivity contribution in [3.63, 3.8) is 0 Å². The number of aryl methyl sites for hydroxylation is 1. The van der Waals surface area contributed by atoms with Gasteiger partial charge < -0.3 is 10.2 Å². The van der Waals surface area contributed by atoms with Gasteiger partial charge in [-0.25, -0.2) is 8.42 Å². The Kier molecular flexibility index (Phi) is 11.5. The summed E-state index contributed by atoms with van der Waals surface area (Å²) in [5, 5.41) is 14.8. The molecule has 12 heteroatoms. The van der Waals surface area contributed by atoms with Gasteiger partial charge in [-0.15, -0.1) is 0 Å². The summed E-state index contributed by atoms with van der Waals surface area (Å²) in [4.78, 5) is 39.9. The zero-order chi connectivity index (χ0) is 30.9. The number of nitrogens with one attached hydrogen (secondary N) is 1. The second-order valence-electron chi connectivity index (χ2n) is 10.00. The zero-order valence-corrected chi connectivity index (χ0v) is 25.4. The van der Waals surface area contributed by atoms with E-state index >= 15 is 0 Å². The highest BCUT2D eigenvalue weighted by Crippen LogP contribution is 2.28. The van der Waals surface area contributed by atoms with Crippen LogP contribution in [0.2, 0.25) is 5.02 Å². The van der Waals surface area contributed by atoms with Crippen molar-refractivity contribution in [1.29, 1.82) is 0 Å². The summed E-state index contributed by atoms with van der Waals surface area (Å²) in [5.74, 6) is -1.03. The molecule has 0 aliphatic rings. The fourth-order valence-electron chi connectivity index (χ4n) is 4.47. The molecule has 224 valence electrons. The number of carbonyl (C=O) groups excluding carboxylic acids is 2. The number of unbranched alkanes of at least 4 members (excludes halogenated alkanes) is 1. The van der Waals surface area contributed by atoms with Gasteiger partial charge in [0.15, 0.2) is 0 Å². The number of amides is 2. The molecule has 3 rings (SSSR count). The smallest absolute Gasteiger partial charge is 0.271 e. The summed E-state index contributed by atoms with van der Waals surface area (Å²) in [7, 11) is -4.07. The van der Waals surface area contributed by atoms with Crippen LogP contribution in [0, 0.1) is 17.0 Å². The second-order valence-corrected chi connectivity index (χ2v) is 12.3. The van der Waals surface area contributed by atoms with Crippen molar-refractivity contribution in [2.75, 3.05) is 23.7 Å². The maximum absolute atomic E-state index is 14.1. The molecule has 0 heterocycles. The van der Waals surface area contributed by atoms with Gasteiger partial charge in [-0.1, -0.05) is 73.5 Å². The first kappa shape index (κ1) is 32.6. The van der Waals surface area contributed by atoms with E-state index in [0.717, 1.165) is 35.0 Å². The molecule has 0 unspecified atom stereocenters. The van der Waals surface area contributed by atoms with Crippen molar-refractivity contribution >= 4 is 44.8 Å². The Labute approximate surface area is 251 Å². The number of anilines is 1. The molecular formula is C30H35ClN4O6S. The van der Waals surface area contributed by atoms with Gasteiger partial charge in [-0.2, -0.15) is 0 Å². The third-order valence-electron chi connectivity index (χ3n) is 6.69. The van der Waals surface area contributed by atoms with Gasteiger partial charge in [0.2, 0.25) is 21.8 Å². The predicted molar refractivity (Wildman–Crippen MR) is 164 cm³/mol. The molecule has 0 saturated heterocycles. The molecule has 0 aliphatic carbocycles. The lowest BCUT2D eigenvalue weighted by atomic mass is 10.0. The van der Waals surface area contributed by atoms with E-state index in [9.17, 15) is 28.1 Å². The van der Waals surface area contributed by atoms with E-state index < -0.39 is 33.4 Å². The van der Waals surface area contributed by atoms with Gasteiger partial charge >= 0.3 is 0 Å². The van der Waals surface area contributed by atoms with E-state index in [-0.39, 0.29) is 30.2 Å². The summed E-state index contributed by atoms with van der Waals surface area (Å²) in [5.41, 5.74) is 1.58. The van der Waals surface area contributed by atoms with E-state index in [0.29, 0.717) is 22.7 Å². The minimum atomic E-state index is -4.07. The van der Waals surface area contributed by atoms with Crippen LogP contribution in [0.3, 0.4) is 0 Å². The van der Waals surface area contributed by atoms with E-state index in [4.69, 9.17) is 11.6 Å². The van der Waals surface area contributed by atoms with Gasteiger partial charge in [0, 0.05) is 36.7 Å². The highest BCUT2D eigenvalue weighted by molar-refractivity contribution is 7.92. The maximum atomic E-state index is 14.1. The largest absolute Gasteiger partial charge is 0.354 e. The monoisotopic (exact) mass is 614 g/mol. The molecule has 0 bridgehead atoms. The van der Waals surface area contributed by atoms with Crippen molar-refractivity contribution in [3.05, 3.63) is 105 Å². The Morgan fingerprint density at radius 2 is 1.71 bits per heavy atom. The number of hydrogen-bond donors (Lipinski definition) is 1. The first-order chi connectivity index (χ1) is 19.9. The molecule has 10 nitrogen and oxygen atoms in total. The number of halogens is 1. The molecule has 42 heavy (non-hydrogen) atoms. The van der Waals surface area contributed by atoms with E-state index in [2.05, 4.69) is 5.32 Å². The van der Waals surface area contributed by atoms with Crippen molar-refractivity contribution < 1.29 is 22.9 Å². The van der Waals surface area contributed by atoms with Gasteiger partial charge in [0.05, 0.1) is 16.9 Å². The van der Waals surface area contributed by atoms with Gasteiger partial charge in [0.1, 0.15) is 12.6 Å². The fourth-order valence-corrected chi connectivity index (χ4v) is 5.58. The third-order valence-corrected chi connectivity index (χ3v) is 8.06. The first-order valence-electron chi connectivity index (χ1n) is 13.5. The van der Waals surface area contributed by atoms with Crippen LogP contribution in [0.4, 0.5) is 11.4 Å². The molecule has 0 fully saturated rings. The van der Waals surface area contributed by atoms with Crippen LogP contribution in [-0.2, 0) is 32.6 Å². The van der Waals surface area contributed by atoms with Crippen LogP contribution in [0.1, 0.15) is 36.5 Å². The average molecular weight is 615 g/mol. The Hall–Kier alpha value is -3.96. The number of nitro benzene ring substituents is 1. The molecule has 3 aromatic carbocycles. The van der Waals surface area contributed by atoms with Crippen molar-refractivity contribution in [3.8, 4) is 0 Å². The quantitative estimate of drug-likeness (QED) is 0.156. The number of nitro groups is 1. The van der Waals surface area contributed by atoms with Gasteiger partial charge in [-0.05, 0) is 42.2 Å². The number of nitrogens with zero attached hydrogens (tertiary/aromatic N) is 3. The van der Waals surface area contributed by atoms with E-state index in [1.165, 1.54) is 17.0 Å². The molecule has 3 aromatic rings. The lowest BCUT2D eigenvalue weighted by molar-refractivity contribution is -0.384. The zero-order valence-electron chi connectivity index (χ0n) is 23.8. The second kappa shape index (κ2) is 14.8. The lowest BCUT2D eigenvalue weighted by Gasteiger charge is -2.33. The number of non-ortho nitro benzene ring substituents is 1. The summed E-state index contributed by atoms with van der Waals surface area (Å²) in [6, 6.07) is 18.9. The normalized spacial score (nSPS) is 11.9. The van der Waals surface area contributed by atoms with Crippen LogP contribution in [0.5, 0.6) is 0 Å². The topological polar surface area (TPSA) is 130 Å². The van der Waals surface area contributed by atoms with Crippen LogP contribution in [-0.4, -0.2) is 55.4 Å². The Morgan fingerprint density at radius 1 is 1.02 bits per heavy atom. The minimum absolute atomic E-state index is 0.00904. The number of rotatable bonds is 14. The molecule has 0 spiro atoms. The molecule has 1 atom stereocenters. The molecule has 1 N–H and O–H groups in total. The maximum Gasteiger partial charge on any atom is 0.271 e. The average Bonchev–Trinajstić information content (AvgIpc) is 2.94. The first-order valence-corrected chi connectivity index (χ1v) is 15.7. The molecule has 0 aromatic heterocycles. The Bertz CT molecular complexity index is 1520. The number of sulfonamides is 1. The van der Waals surface area contributed by atoms with Crippen LogP contribution >= 0.6 is 11.6 Å². The Morgan fingerprint density at radius 3 is 2.33 bits per heavy atom. The van der Waals surface area contributed by atoms with Gasteiger partial charge in [0.25, 0.3) is 5.69 Å². The van der Waals surface area contributed by atoms with E-state index in [1.807, 2.05) is 37.3 Å². The van der Waals surface area contributed by atoms with Gasteiger partial charge in [-0.3, -0.25) is 24.0 Å². The summed E-state index contributed by atoms with van der Waals surface area (Å²) < 4.78 is 26.8. The third kappa shape index (κ3) is 9.02. The highest BCUT2D eigenvalue weighted by Gasteiger charge is 2.33. The van der Waals surface area contributed by atoms with Crippen molar-refractivity contribution in [2.45, 2.75) is 45.7 Å². The number of benzene rings is 3. The predicted octanol–water partition coefficient (Wildman–Crippen LogP) is 4.88. The lowest BCUT2D eigenvalue weighted by Crippen LogP contribution is -2.53. The number of carbonyl (C=O) groups is 2. The fraction of sp³-hybridized carbons (Fsp3) is 0.333. The van der Waals surface area contributed by atoms with E-state index in [1.54, 1.807) is 31.2 Å². The minimum Gasteiger partial charge on any atom is -0.354 e. The summed E-state index contributed by atoms with van der Waals surface area (Å²) >= 11 is 6.22. The Balaban J connectivity index is 2.09. The number of hydrogen-bond acceptors (Lipinski definition) is 6. The van der Waals surface area contributed by atoms with Crippen LogP contribution < -0.4 is 9.62 Å². The van der Waals surface area contributed by atoms with Crippen molar-refractivity contribution in [2.24, 2.45) is 0 Å². The summed E-state index contributed by atoms with van der Waals surface area (Å²) in [6.07, 6.45) is 2.72. The molecular weight excluding hydrogens is 580 g/mol. The summed E-state index contributed by atoms with van der Waals surface area (Å²) in [6.45, 7) is 3.32. The highest BCUT2D eigenvalue weighted by atomic mass is 35.5. The van der Waals surface area contributed by atoms with Crippen LogP contribution in [0.15, 0.2) is 72.8 Å².